The fraction of sp³-hybridized carbons (Fsp3) is 0.556. The highest BCUT2D eigenvalue weighted by molar-refractivity contribution is 5.69. The van der Waals surface area contributed by atoms with E-state index < -0.39 is 5.97 Å². The Hall–Kier alpha value is -1.32. The molecule has 0 amide bonds. The second kappa shape index (κ2) is 4.07. The van der Waals surface area contributed by atoms with Crippen molar-refractivity contribution in [2.45, 2.75) is 32.7 Å². The lowest BCUT2D eigenvalue weighted by molar-refractivity contribution is -0.136. The van der Waals surface area contributed by atoms with Crippen LogP contribution in [0.25, 0.3) is 0 Å². The summed E-state index contributed by atoms with van der Waals surface area (Å²) in [6, 6.07) is 0.336. The summed E-state index contributed by atoms with van der Waals surface area (Å²) in [6.07, 6.45) is 4.45. The molecule has 13 heavy (non-hydrogen) atoms. The van der Waals surface area contributed by atoms with Gasteiger partial charge in [-0.25, -0.2) is 0 Å². The van der Waals surface area contributed by atoms with Gasteiger partial charge in [-0.15, -0.1) is 0 Å². The molecular weight excluding hydrogens is 168 g/mol. The summed E-state index contributed by atoms with van der Waals surface area (Å²) in [7, 11) is 0. The number of rotatable bonds is 4. The van der Waals surface area contributed by atoms with E-state index in [4.69, 9.17) is 5.11 Å². The van der Waals surface area contributed by atoms with Crippen LogP contribution in [-0.4, -0.2) is 20.9 Å². The Labute approximate surface area is 77.2 Å². The highest BCUT2D eigenvalue weighted by Crippen LogP contribution is 2.09. The van der Waals surface area contributed by atoms with Crippen molar-refractivity contribution in [3.05, 3.63) is 18.0 Å². The number of carboxylic acid groups (broad SMARTS) is 1. The van der Waals surface area contributed by atoms with Crippen molar-refractivity contribution < 1.29 is 9.90 Å². The molecule has 4 heteroatoms. The maximum Gasteiger partial charge on any atom is 0.307 e. The molecule has 0 spiro atoms. The summed E-state index contributed by atoms with van der Waals surface area (Å²) in [4.78, 5) is 10.4. The molecule has 0 aliphatic carbocycles. The predicted octanol–water partition coefficient (Wildman–Crippen LogP) is 1.48. The third-order valence-electron chi connectivity index (χ3n) is 2.05. The first kappa shape index (κ1) is 9.77. The molecule has 1 N–H and O–H groups in total. The van der Waals surface area contributed by atoms with Crippen LogP contribution in [0.15, 0.2) is 12.4 Å². The Morgan fingerprint density at radius 1 is 1.77 bits per heavy atom. The third-order valence-corrected chi connectivity index (χ3v) is 2.05. The molecule has 1 atom stereocenters. The molecule has 1 rings (SSSR count). The lowest BCUT2D eigenvalue weighted by Crippen LogP contribution is -2.04. The van der Waals surface area contributed by atoms with E-state index in [2.05, 4.69) is 18.9 Å². The summed E-state index contributed by atoms with van der Waals surface area (Å²) >= 11 is 0. The van der Waals surface area contributed by atoms with Crippen molar-refractivity contribution in [2.24, 2.45) is 0 Å². The first-order valence-electron chi connectivity index (χ1n) is 4.38. The SMILES string of the molecule is CCC(C)n1cc(CC(=O)O)cn1. The Morgan fingerprint density at radius 3 is 3.00 bits per heavy atom. The van der Waals surface area contributed by atoms with Gasteiger partial charge in [-0.05, 0) is 13.3 Å². The Balaban J connectivity index is 2.68. The van der Waals surface area contributed by atoms with Crippen molar-refractivity contribution in [3.8, 4) is 0 Å². The van der Waals surface area contributed by atoms with Crippen LogP contribution in [-0.2, 0) is 11.2 Å². The Bertz CT molecular complexity index is 294. The quantitative estimate of drug-likeness (QED) is 0.767. The topological polar surface area (TPSA) is 55.1 Å². The number of carboxylic acids is 1. The normalized spacial score (nSPS) is 12.8. The zero-order valence-corrected chi connectivity index (χ0v) is 7.90. The van der Waals surface area contributed by atoms with Crippen LogP contribution in [0.2, 0.25) is 0 Å². The van der Waals surface area contributed by atoms with E-state index >= 15 is 0 Å². The first-order valence-corrected chi connectivity index (χ1v) is 4.38. The molecule has 1 aromatic heterocycles. The van der Waals surface area contributed by atoms with E-state index in [0.717, 1.165) is 12.0 Å². The smallest absolute Gasteiger partial charge is 0.307 e. The van der Waals surface area contributed by atoms with Gasteiger partial charge in [-0.3, -0.25) is 9.48 Å². The molecule has 0 saturated carbocycles. The van der Waals surface area contributed by atoms with Gasteiger partial charge in [0.05, 0.1) is 12.6 Å². The van der Waals surface area contributed by atoms with Crippen LogP contribution in [0, 0.1) is 0 Å². The van der Waals surface area contributed by atoms with E-state index in [-0.39, 0.29) is 6.42 Å². The molecule has 4 nitrogen and oxygen atoms in total. The fourth-order valence-corrected chi connectivity index (χ4v) is 1.07. The molecule has 0 radical (unpaired) electrons. The molecule has 1 aromatic rings. The van der Waals surface area contributed by atoms with Crippen molar-refractivity contribution in [3.63, 3.8) is 0 Å². The minimum atomic E-state index is -0.816. The minimum Gasteiger partial charge on any atom is -0.481 e. The number of hydrogen-bond acceptors (Lipinski definition) is 2. The van der Waals surface area contributed by atoms with E-state index in [1.54, 1.807) is 17.1 Å². The zero-order valence-electron chi connectivity index (χ0n) is 7.90. The van der Waals surface area contributed by atoms with Gasteiger partial charge in [0, 0.05) is 17.8 Å². The average molecular weight is 182 g/mol. The Morgan fingerprint density at radius 2 is 2.46 bits per heavy atom. The summed E-state index contributed by atoms with van der Waals surface area (Å²) < 4.78 is 1.80. The second-order valence-corrected chi connectivity index (χ2v) is 3.16. The van der Waals surface area contributed by atoms with Crippen LogP contribution in [0.1, 0.15) is 31.9 Å². The van der Waals surface area contributed by atoms with E-state index in [0.29, 0.717) is 6.04 Å². The van der Waals surface area contributed by atoms with E-state index in [9.17, 15) is 4.79 Å². The van der Waals surface area contributed by atoms with Gasteiger partial charge < -0.3 is 5.11 Å². The van der Waals surface area contributed by atoms with Gasteiger partial charge in [-0.2, -0.15) is 5.10 Å². The molecule has 0 aromatic carbocycles. The van der Waals surface area contributed by atoms with Gasteiger partial charge in [-0.1, -0.05) is 6.92 Å². The van der Waals surface area contributed by atoms with Crippen LogP contribution in [0.4, 0.5) is 0 Å². The minimum absolute atomic E-state index is 0.0520. The average Bonchev–Trinajstić information content (AvgIpc) is 2.50. The number of carbonyl (C=O) groups is 1. The fourth-order valence-electron chi connectivity index (χ4n) is 1.07. The molecule has 0 aliphatic heterocycles. The first-order chi connectivity index (χ1) is 6.13. The van der Waals surface area contributed by atoms with Crippen molar-refractivity contribution in [2.75, 3.05) is 0 Å². The van der Waals surface area contributed by atoms with Gasteiger partial charge in [0.25, 0.3) is 0 Å². The lowest BCUT2D eigenvalue weighted by atomic mass is 10.2. The molecule has 72 valence electrons. The lowest BCUT2D eigenvalue weighted by Gasteiger charge is -2.07. The van der Waals surface area contributed by atoms with E-state index in [1.807, 2.05) is 0 Å². The highest BCUT2D eigenvalue weighted by Gasteiger charge is 2.06. The number of aromatic nitrogens is 2. The van der Waals surface area contributed by atoms with Gasteiger partial charge in [0.15, 0.2) is 0 Å². The molecule has 0 bridgehead atoms. The Kier molecular flexibility index (Phi) is 3.06. The summed E-state index contributed by atoms with van der Waals surface area (Å²) in [5.74, 6) is -0.816. The predicted molar refractivity (Wildman–Crippen MR) is 48.6 cm³/mol. The third kappa shape index (κ3) is 2.57. The van der Waals surface area contributed by atoms with Crippen molar-refractivity contribution >= 4 is 5.97 Å². The van der Waals surface area contributed by atoms with Crippen LogP contribution < -0.4 is 0 Å². The van der Waals surface area contributed by atoms with Gasteiger partial charge >= 0.3 is 5.97 Å². The molecule has 0 fully saturated rings. The molecule has 1 heterocycles. The number of hydrogen-bond donors (Lipinski definition) is 1. The van der Waals surface area contributed by atoms with Gasteiger partial charge in [0.2, 0.25) is 0 Å². The van der Waals surface area contributed by atoms with Crippen LogP contribution >= 0.6 is 0 Å². The number of nitrogens with zero attached hydrogens (tertiary/aromatic N) is 2. The largest absolute Gasteiger partial charge is 0.481 e. The molecule has 0 saturated heterocycles. The summed E-state index contributed by atoms with van der Waals surface area (Å²) in [6.45, 7) is 4.13. The monoisotopic (exact) mass is 182 g/mol. The van der Waals surface area contributed by atoms with Gasteiger partial charge in [0.1, 0.15) is 0 Å². The van der Waals surface area contributed by atoms with E-state index in [1.165, 1.54) is 0 Å². The zero-order chi connectivity index (χ0) is 9.84. The maximum atomic E-state index is 10.4. The molecule has 1 unspecified atom stereocenters. The van der Waals surface area contributed by atoms with Crippen molar-refractivity contribution in [1.82, 2.24) is 9.78 Å². The second-order valence-electron chi connectivity index (χ2n) is 3.16. The molecule has 0 aliphatic rings. The standard InChI is InChI=1S/C9H14N2O2/c1-3-7(2)11-6-8(5-10-11)4-9(12)13/h5-7H,3-4H2,1-2H3,(H,12,13). The highest BCUT2D eigenvalue weighted by atomic mass is 16.4. The number of aliphatic carboxylic acids is 1. The maximum absolute atomic E-state index is 10.4. The summed E-state index contributed by atoms with van der Waals surface area (Å²) in [5.41, 5.74) is 0.757. The van der Waals surface area contributed by atoms with Crippen LogP contribution in [0.5, 0.6) is 0 Å². The summed E-state index contributed by atoms with van der Waals surface area (Å²) in [5, 5.41) is 12.6. The molecular formula is C9H14N2O2. The van der Waals surface area contributed by atoms with Crippen molar-refractivity contribution in [1.29, 1.82) is 0 Å². The van der Waals surface area contributed by atoms with Crippen LogP contribution in [0.3, 0.4) is 0 Å².